The van der Waals surface area contributed by atoms with E-state index in [1.165, 1.54) is 5.56 Å². The number of amides is 1. The molecule has 0 bridgehead atoms. The predicted octanol–water partition coefficient (Wildman–Crippen LogP) is 6.07. The molecule has 172 valence electrons. The molecule has 4 nitrogen and oxygen atoms in total. The van der Waals surface area contributed by atoms with Gasteiger partial charge in [0.05, 0.1) is 6.04 Å². The molecule has 33 heavy (non-hydrogen) atoms. The first kappa shape index (κ1) is 22.9. The molecule has 4 heteroatoms. The molecule has 0 saturated carbocycles. The van der Waals surface area contributed by atoms with Gasteiger partial charge in [-0.2, -0.15) is 0 Å². The summed E-state index contributed by atoms with van der Waals surface area (Å²) in [5, 5.41) is 3.57. The zero-order chi connectivity index (χ0) is 23.0. The Morgan fingerprint density at radius 3 is 2.45 bits per heavy atom. The molecule has 1 aliphatic rings. The summed E-state index contributed by atoms with van der Waals surface area (Å²) in [6, 6.07) is 26.7. The maximum Gasteiger partial charge on any atom is 0.223 e. The van der Waals surface area contributed by atoms with Crippen LogP contribution in [-0.2, 0) is 24.3 Å². The number of carbonyl (C=O) groups is 1. The van der Waals surface area contributed by atoms with Crippen molar-refractivity contribution in [3.63, 3.8) is 0 Å². The van der Waals surface area contributed by atoms with Crippen molar-refractivity contribution in [1.29, 1.82) is 0 Å². The number of rotatable bonds is 5. The van der Waals surface area contributed by atoms with Gasteiger partial charge in [0.25, 0.3) is 0 Å². The summed E-state index contributed by atoms with van der Waals surface area (Å²) in [4.78, 5) is 15.7. The molecule has 0 aromatic heterocycles. The number of benzene rings is 3. The smallest absolute Gasteiger partial charge is 0.223 e. The van der Waals surface area contributed by atoms with Crippen LogP contribution in [0.15, 0.2) is 78.9 Å². The van der Waals surface area contributed by atoms with E-state index in [4.69, 9.17) is 4.74 Å². The van der Waals surface area contributed by atoms with Gasteiger partial charge in [0.1, 0.15) is 12.4 Å². The molecule has 3 aromatic carbocycles. The third kappa shape index (κ3) is 6.16. The Labute approximate surface area is 197 Å². The van der Waals surface area contributed by atoms with Crippen LogP contribution >= 0.6 is 0 Å². The van der Waals surface area contributed by atoms with Crippen LogP contribution in [0.25, 0.3) is 0 Å². The van der Waals surface area contributed by atoms with E-state index in [1.807, 2.05) is 42.5 Å². The lowest BCUT2D eigenvalue weighted by molar-refractivity contribution is -0.135. The van der Waals surface area contributed by atoms with Crippen LogP contribution in [-0.4, -0.2) is 23.5 Å². The number of hydrogen-bond acceptors (Lipinski definition) is 3. The first-order chi connectivity index (χ1) is 16.1. The molecule has 3 aromatic rings. The minimum atomic E-state index is 0.00693. The summed E-state index contributed by atoms with van der Waals surface area (Å²) < 4.78 is 6.34. The van der Waals surface area contributed by atoms with Crippen molar-refractivity contribution in [2.24, 2.45) is 5.92 Å². The lowest BCUT2D eigenvalue weighted by atomic mass is 10.0. The van der Waals surface area contributed by atoms with Crippen molar-refractivity contribution < 1.29 is 9.53 Å². The first-order valence-corrected chi connectivity index (χ1v) is 12.0. The van der Waals surface area contributed by atoms with Crippen molar-refractivity contribution in [3.8, 4) is 5.75 Å². The number of carbonyl (C=O) groups excluding carboxylic acids is 1. The fraction of sp³-hybridized carbons (Fsp3) is 0.345. The molecule has 1 heterocycles. The largest absolute Gasteiger partial charge is 0.491 e. The second-order valence-corrected chi connectivity index (χ2v) is 9.22. The number of hydrogen-bond donors (Lipinski definition) is 1. The summed E-state index contributed by atoms with van der Waals surface area (Å²) in [6.07, 6.45) is 2.13. The maximum absolute atomic E-state index is 13.6. The molecule has 0 fully saturated rings. The van der Waals surface area contributed by atoms with Gasteiger partial charge in [-0.15, -0.1) is 0 Å². The molecule has 0 spiro atoms. The molecule has 1 atom stereocenters. The second-order valence-electron chi connectivity index (χ2n) is 9.22. The quantitative estimate of drug-likeness (QED) is 0.522. The first-order valence-electron chi connectivity index (χ1n) is 12.0. The molecule has 4 rings (SSSR count). The third-order valence-corrected chi connectivity index (χ3v) is 6.21. The van der Waals surface area contributed by atoms with E-state index in [1.54, 1.807) is 0 Å². The summed E-state index contributed by atoms with van der Waals surface area (Å²) in [7, 11) is 0. The number of nitrogens with zero attached hydrogens (tertiary/aromatic N) is 1. The van der Waals surface area contributed by atoms with Gasteiger partial charge in [-0.1, -0.05) is 80.6 Å². The topological polar surface area (TPSA) is 41.6 Å². The van der Waals surface area contributed by atoms with E-state index in [2.05, 4.69) is 60.5 Å². The molecule has 0 aliphatic carbocycles. The number of aryl methyl sites for hydroxylation is 1. The average molecular weight is 443 g/mol. The number of nitrogens with one attached hydrogen (secondary N) is 1. The minimum Gasteiger partial charge on any atom is -0.491 e. The Morgan fingerprint density at radius 2 is 1.67 bits per heavy atom. The number of fused-ring (bicyclic) bond motifs is 2. The van der Waals surface area contributed by atoms with Crippen LogP contribution in [0, 0.1) is 5.92 Å². The Hall–Kier alpha value is -3.27. The number of ether oxygens (including phenoxy) is 1. The van der Waals surface area contributed by atoms with Gasteiger partial charge in [0, 0.05) is 30.8 Å². The van der Waals surface area contributed by atoms with Crippen LogP contribution in [0.5, 0.6) is 5.75 Å². The monoisotopic (exact) mass is 442 g/mol. The van der Waals surface area contributed by atoms with Crippen LogP contribution in [0.2, 0.25) is 0 Å². The van der Waals surface area contributed by atoms with E-state index >= 15 is 0 Å². The molecule has 0 saturated heterocycles. The standard InChI is InChI=1S/C29H34N2O2/c1-22(2)18-26-21-33-28-15-9-7-12-24(28)19-30-27-14-8-6-13-25(27)20-31(26)29(32)17-16-23-10-4-3-5-11-23/h3-15,22,26,30H,16-21H2,1-2H3/t26-/m0/s1. The highest BCUT2D eigenvalue weighted by molar-refractivity contribution is 5.77. The number of para-hydroxylation sites is 2. The van der Waals surface area contributed by atoms with E-state index in [-0.39, 0.29) is 11.9 Å². The van der Waals surface area contributed by atoms with Crippen LogP contribution < -0.4 is 10.1 Å². The van der Waals surface area contributed by atoms with Gasteiger partial charge in [0.15, 0.2) is 0 Å². The Balaban J connectivity index is 1.65. The molecule has 0 unspecified atom stereocenters. The fourth-order valence-electron chi connectivity index (χ4n) is 4.47. The van der Waals surface area contributed by atoms with Crippen molar-refractivity contribution in [3.05, 3.63) is 95.6 Å². The van der Waals surface area contributed by atoms with Crippen LogP contribution in [0.1, 0.15) is 43.4 Å². The predicted molar refractivity (Wildman–Crippen MR) is 134 cm³/mol. The highest BCUT2D eigenvalue weighted by Crippen LogP contribution is 2.27. The van der Waals surface area contributed by atoms with Gasteiger partial charge in [-0.3, -0.25) is 4.79 Å². The van der Waals surface area contributed by atoms with Gasteiger partial charge >= 0.3 is 0 Å². The third-order valence-electron chi connectivity index (χ3n) is 6.21. The Morgan fingerprint density at radius 1 is 0.970 bits per heavy atom. The summed E-state index contributed by atoms with van der Waals surface area (Å²) in [5.74, 6) is 1.52. The highest BCUT2D eigenvalue weighted by Gasteiger charge is 2.27. The summed E-state index contributed by atoms with van der Waals surface area (Å²) >= 11 is 0. The Kier molecular flexibility index (Phi) is 7.66. The minimum absolute atomic E-state index is 0.00693. The zero-order valence-electron chi connectivity index (χ0n) is 19.7. The van der Waals surface area contributed by atoms with Gasteiger partial charge in [0.2, 0.25) is 5.91 Å². The summed E-state index contributed by atoms with van der Waals surface area (Å²) in [6.45, 7) is 6.18. The second kappa shape index (κ2) is 11.0. The van der Waals surface area contributed by atoms with Crippen LogP contribution in [0.3, 0.4) is 0 Å². The van der Waals surface area contributed by atoms with Crippen molar-refractivity contribution in [2.75, 3.05) is 11.9 Å². The molecule has 1 amide bonds. The summed E-state index contributed by atoms with van der Waals surface area (Å²) in [5.41, 5.74) is 4.52. The van der Waals surface area contributed by atoms with E-state index in [0.717, 1.165) is 35.4 Å². The SMILES string of the molecule is CC(C)C[C@H]1COc2ccccc2CNc2ccccc2CN1C(=O)CCc1ccccc1. The molecular formula is C29H34N2O2. The average Bonchev–Trinajstić information content (AvgIpc) is 2.86. The van der Waals surface area contributed by atoms with E-state index < -0.39 is 0 Å². The molecular weight excluding hydrogens is 408 g/mol. The lowest BCUT2D eigenvalue weighted by Gasteiger charge is -2.33. The molecule has 1 aliphatic heterocycles. The molecule has 0 radical (unpaired) electrons. The van der Waals surface area contributed by atoms with Crippen molar-refractivity contribution in [1.82, 2.24) is 4.90 Å². The highest BCUT2D eigenvalue weighted by atomic mass is 16.5. The lowest BCUT2D eigenvalue weighted by Crippen LogP contribution is -2.44. The number of anilines is 1. The van der Waals surface area contributed by atoms with Gasteiger partial charge < -0.3 is 15.0 Å². The van der Waals surface area contributed by atoms with E-state index in [9.17, 15) is 4.79 Å². The zero-order valence-corrected chi connectivity index (χ0v) is 19.7. The maximum atomic E-state index is 13.6. The van der Waals surface area contributed by atoms with E-state index in [0.29, 0.717) is 32.0 Å². The van der Waals surface area contributed by atoms with Gasteiger partial charge in [-0.25, -0.2) is 0 Å². The van der Waals surface area contributed by atoms with Gasteiger partial charge in [-0.05, 0) is 42.0 Å². The van der Waals surface area contributed by atoms with Crippen LogP contribution in [0.4, 0.5) is 5.69 Å². The van der Waals surface area contributed by atoms with Crippen molar-refractivity contribution in [2.45, 2.75) is 52.2 Å². The molecule has 1 N–H and O–H groups in total. The normalized spacial score (nSPS) is 16.1. The Bertz CT molecular complexity index is 1050. The fourth-order valence-corrected chi connectivity index (χ4v) is 4.47. The van der Waals surface area contributed by atoms with Crippen molar-refractivity contribution >= 4 is 11.6 Å².